The average molecular weight is 465 g/mol. The first kappa shape index (κ1) is 18.0. The van der Waals surface area contributed by atoms with Gasteiger partial charge in [0.05, 0.1) is 39.9 Å². The number of nitrogens with one attached hydrogen (secondary N) is 2. The van der Waals surface area contributed by atoms with Crippen LogP contribution in [0.15, 0.2) is 44.6 Å². The van der Waals surface area contributed by atoms with Crippen LogP contribution >= 0.6 is 38.6 Å². The number of nitrogens with zero attached hydrogens (tertiary/aromatic N) is 2. The smallest absolute Gasteiger partial charge is 0.258 e. The van der Waals surface area contributed by atoms with Gasteiger partial charge in [0, 0.05) is 21.3 Å². The monoisotopic (exact) mass is 464 g/mol. The molecule has 1 amide bonds. The number of thiazole rings is 1. The van der Waals surface area contributed by atoms with Crippen LogP contribution < -0.4 is 10.9 Å². The topological polar surface area (TPSA) is 87.7 Å². The van der Waals surface area contributed by atoms with E-state index in [1.54, 1.807) is 16.7 Å². The van der Waals surface area contributed by atoms with Crippen molar-refractivity contribution >= 4 is 61.1 Å². The summed E-state index contributed by atoms with van der Waals surface area (Å²) in [5, 5.41) is 7.28. The summed E-state index contributed by atoms with van der Waals surface area (Å²) in [7, 11) is 0. The van der Waals surface area contributed by atoms with Gasteiger partial charge in [-0.3, -0.25) is 9.59 Å². The molecule has 0 radical (unpaired) electrons. The maximum Gasteiger partial charge on any atom is 0.258 e. The predicted octanol–water partition coefficient (Wildman–Crippen LogP) is 4.19. The van der Waals surface area contributed by atoms with Gasteiger partial charge in [-0.25, -0.2) is 14.4 Å². The third kappa shape index (κ3) is 3.82. The molecule has 3 heterocycles. The summed E-state index contributed by atoms with van der Waals surface area (Å²) in [6.45, 7) is 0. The molecule has 0 saturated carbocycles. The molecule has 27 heavy (non-hydrogen) atoms. The number of hydrogen-bond donors (Lipinski definition) is 2. The van der Waals surface area contributed by atoms with Crippen molar-refractivity contribution in [3.63, 3.8) is 0 Å². The summed E-state index contributed by atoms with van der Waals surface area (Å²) < 4.78 is 15.2. The predicted molar refractivity (Wildman–Crippen MR) is 108 cm³/mol. The highest BCUT2D eigenvalue weighted by Crippen LogP contribution is 2.32. The molecule has 4 aromatic rings. The number of benzene rings is 1. The zero-order valence-corrected chi connectivity index (χ0v) is 16.7. The standard InChI is InChI=1S/C17H10BrFN4O2S2/c18-8-1-14(26-5-8)17-22-9(6-27-17)2-15(24)23-13-3-10-12(4-11(13)19)20-7-21-16(10)25/h1,3-7H,2H2,(H,23,24)(H,20,21,25). The first-order valence-electron chi connectivity index (χ1n) is 7.65. The lowest BCUT2D eigenvalue weighted by Gasteiger charge is -2.06. The van der Waals surface area contributed by atoms with Crippen molar-refractivity contribution < 1.29 is 9.18 Å². The number of carbonyl (C=O) groups excluding carboxylic acids is 1. The van der Waals surface area contributed by atoms with Crippen molar-refractivity contribution in [3.8, 4) is 9.88 Å². The van der Waals surface area contributed by atoms with E-state index in [0.717, 1.165) is 20.4 Å². The lowest BCUT2D eigenvalue weighted by atomic mass is 10.2. The third-order valence-electron chi connectivity index (χ3n) is 3.68. The lowest BCUT2D eigenvalue weighted by molar-refractivity contribution is -0.115. The molecule has 10 heteroatoms. The summed E-state index contributed by atoms with van der Waals surface area (Å²) in [5.41, 5.74) is 0.351. The molecule has 6 nitrogen and oxygen atoms in total. The summed E-state index contributed by atoms with van der Waals surface area (Å²) in [6, 6.07) is 4.36. The Bertz CT molecular complexity index is 1220. The highest BCUT2D eigenvalue weighted by atomic mass is 79.9. The number of rotatable bonds is 4. The molecular formula is C17H10BrFN4O2S2. The van der Waals surface area contributed by atoms with Crippen molar-refractivity contribution in [3.05, 3.63) is 61.6 Å². The van der Waals surface area contributed by atoms with Gasteiger partial charge in [0.1, 0.15) is 10.8 Å². The number of carbonyl (C=O) groups is 1. The number of halogens is 2. The molecule has 3 aromatic heterocycles. The Hall–Kier alpha value is -2.43. The highest BCUT2D eigenvalue weighted by molar-refractivity contribution is 9.10. The van der Waals surface area contributed by atoms with Crippen LogP contribution in [0, 0.1) is 5.82 Å². The molecule has 0 aliphatic heterocycles. The van der Waals surface area contributed by atoms with Crippen LogP contribution in [0.1, 0.15) is 5.69 Å². The Kier molecular flexibility index (Phi) is 4.85. The van der Waals surface area contributed by atoms with Gasteiger partial charge in [0.25, 0.3) is 5.56 Å². The molecule has 0 saturated heterocycles. The summed E-state index contributed by atoms with van der Waals surface area (Å²) in [6.07, 6.45) is 1.21. The molecule has 0 unspecified atom stereocenters. The number of fused-ring (bicyclic) bond motifs is 1. The van der Waals surface area contributed by atoms with E-state index in [-0.39, 0.29) is 23.0 Å². The van der Waals surface area contributed by atoms with E-state index in [1.807, 2.05) is 11.4 Å². The fourth-order valence-corrected chi connectivity index (χ4v) is 4.80. The van der Waals surface area contributed by atoms with E-state index >= 15 is 0 Å². The number of hydrogen-bond acceptors (Lipinski definition) is 6. The number of aromatic nitrogens is 3. The van der Waals surface area contributed by atoms with Crippen molar-refractivity contribution in [1.29, 1.82) is 0 Å². The second-order valence-electron chi connectivity index (χ2n) is 5.58. The van der Waals surface area contributed by atoms with Crippen LogP contribution in [0.4, 0.5) is 10.1 Å². The Labute approximate surface area is 168 Å². The maximum absolute atomic E-state index is 14.2. The zero-order valence-electron chi connectivity index (χ0n) is 13.5. The lowest BCUT2D eigenvalue weighted by Crippen LogP contribution is -2.16. The fourth-order valence-electron chi connectivity index (χ4n) is 2.47. The Balaban J connectivity index is 1.52. The molecule has 0 atom stereocenters. The Morgan fingerprint density at radius 2 is 2.11 bits per heavy atom. The quantitative estimate of drug-likeness (QED) is 0.473. The van der Waals surface area contributed by atoms with Crippen molar-refractivity contribution in [2.45, 2.75) is 6.42 Å². The molecule has 1 aromatic carbocycles. The minimum atomic E-state index is -0.656. The Morgan fingerprint density at radius 3 is 2.89 bits per heavy atom. The largest absolute Gasteiger partial charge is 0.323 e. The van der Waals surface area contributed by atoms with E-state index in [4.69, 9.17) is 0 Å². The van der Waals surface area contributed by atoms with Gasteiger partial charge in [-0.2, -0.15) is 0 Å². The molecule has 0 aliphatic rings. The van der Waals surface area contributed by atoms with Gasteiger partial charge in [-0.15, -0.1) is 22.7 Å². The summed E-state index contributed by atoms with van der Waals surface area (Å²) in [4.78, 5) is 35.9. The number of anilines is 1. The van der Waals surface area contributed by atoms with Gasteiger partial charge in [-0.05, 0) is 28.1 Å². The van der Waals surface area contributed by atoms with E-state index in [1.165, 1.54) is 23.7 Å². The number of amides is 1. The van der Waals surface area contributed by atoms with E-state index in [2.05, 4.69) is 36.2 Å². The minimum absolute atomic E-state index is 0.00389. The summed E-state index contributed by atoms with van der Waals surface area (Å²) >= 11 is 6.40. The van der Waals surface area contributed by atoms with Crippen molar-refractivity contribution in [2.24, 2.45) is 0 Å². The molecule has 4 rings (SSSR count). The molecule has 0 aliphatic carbocycles. The molecule has 136 valence electrons. The normalized spacial score (nSPS) is 11.0. The zero-order chi connectivity index (χ0) is 19.0. The van der Waals surface area contributed by atoms with Crippen molar-refractivity contribution in [2.75, 3.05) is 5.32 Å². The van der Waals surface area contributed by atoms with E-state index in [9.17, 15) is 14.0 Å². The molecule has 0 spiro atoms. The van der Waals surface area contributed by atoms with Crippen LogP contribution in [-0.2, 0) is 11.2 Å². The number of aromatic amines is 1. The highest BCUT2D eigenvalue weighted by Gasteiger charge is 2.14. The van der Waals surface area contributed by atoms with Gasteiger partial charge < -0.3 is 10.3 Å². The van der Waals surface area contributed by atoms with Gasteiger partial charge in [0.15, 0.2) is 0 Å². The fraction of sp³-hybridized carbons (Fsp3) is 0.0588. The van der Waals surface area contributed by atoms with Crippen LogP contribution in [0.25, 0.3) is 20.8 Å². The second-order valence-corrected chi connectivity index (χ2v) is 8.26. The number of thiophene rings is 1. The molecule has 0 bridgehead atoms. The third-order valence-corrected chi connectivity index (χ3v) is 6.43. The van der Waals surface area contributed by atoms with Gasteiger partial charge >= 0.3 is 0 Å². The molecule has 0 fully saturated rings. The molecule has 2 N–H and O–H groups in total. The average Bonchev–Trinajstić information content (AvgIpc) is 3.25. The van der Waals surface area contributed by atoms with Crippen LogP contribution in [0.2, 0.25) is 0 Å². The van der Waals surface area contributed by atoms with E-state index in [0.29, 0.717) is 5.69 Å². The van der Waals surface area contributed by atoms with Crippen molar-refractivity contribution in [1.82, 2.24) is 15.0 Å². The van der Waals surface area contributed by atoms with Crippen LogP contribution in [0.5, 0.6) is 0 Å². The van der Waals surface area contributed by atoms with Gasteiger partial charge in [-0.1, -0.05) is 0 Å². The minimum Gasteiger partial charge on any atom is -0.323 e. The molecular weight excluding hydrogens is 455 g/mol. The maximum atomic E-state index is 14.2. The first-order chi connectivity index (χ1) is 13.0. The van der Waals surface area contributed by atoms with Gasteiger partial charge in [0.2, 0.25) is 5.91 Å². The van der Waals surface area contributed by atoms with Crippen LogP contribution in [0.3, 0.4) is 0 Å². The van der Waals surface area contributed by atoms with Crippen LogP contribution in [-0.4, -0.2) is 20.9 Å². The second kappa shape index (κ2) is 7.29. The summed E-state index contributed by atoms with van der Waals surface area (Å²) in [5.74, 6) is -1.07. The number of H-pyrrole nitrogens is 1. The Morgan fingerprint density at radius 1 is 1.26 bits per heavy atom. The van der Waals surface area contributed by atoms with E-state index < -0.39 is 17.3 Å². The SMILES string of the molecule is O=C(Cc1csc(-c2cc(Br)cs2)n1)Nc1cc2c(=O)[nH]cnc2cc1F. The first-order valence-corrected chi connectivity index (χ1v) is 10.2.